The molecule has 0 rings (SSSR count). The van der Waals surface area contributed by atoms with Crippen LogP contribution in [0.1, 0.15) is 25.7 Å². The van der Waals surface area contributed by atoms with E-state index in [1.165, 1.54) is 0 Å². The molecule has 11 N–H and O–H groups in total. The summed E-state index contributed by atoms with van der Waals surface area (Å²) in [6.07, 6.45) is -4.26. The summed E-state index contributed by atoms with van der Waals surface area (Å²) in [5, 5.41) is 52.4. The molecule has 0 aromatic rings. The molecular weight excluding hydrogens is 554 g/mol. The van der Waals surface area contributed by atoms with Crippen LogP contribution in [0.2, 0.25) is 0 Å². The number of carbonyl (C=O) groups is 9. The molecule has 0 aliphatic heterocycles. The van der Waals surface area contributed by atoms with Crippen molar-refractivity contribution in [1.82, 2.24) is 21.3 Å². The quantitative estimate of drug-likeness (QED) is 0.0676. The van der Waals surface area contributed by atoms with E-state index in [4.69, 9.17) is 31.3 Å². The largest absolute Gasteiger partial charge is 0.481 e. The second-order valence-electron chi connectivity index (χ2n) is 7.76. The van der Waals surface area contributed by atoms with E-state index < -0.39 is 115 Å². The molecule has 5 atom stereocenters. The molecule has 19 nitrogen and oxygen atoms in total. The van der Waals surface area contributed by atoms with Gasteiger partial charge in [0.25, 0.3) is 0 Å². The number of rotatable bonds is 18. The van der Waals surface area contributed by atoms with E-state index in [0.29, 0.717) is 0 Å². The van der Waals surface area contributed by atoms with Gasteiger partial charge in [-0.05, 0) is 0 Å². The fourth-order valence-electron chi connectivity index (χ4n) is 2.71. The van der Waals surface area contributed by atoms with Gasteiger partial charge in [0.1, 0.15) is 24.2 Å². The van der Waals surface area contributed by atoms with Gasteiger partial charge in [-0.15, -0.1) is 0 Å². The van der Waals surface area contributed by atoms with E-state index in [1.54, 1.807) is 0 Å². The number of carbonyl (C=O) groups excluding carboxylic acids is 4. The highest BCUT2D eigenvalue weighted by Crippen LogP contribution is 2.03. The molecule has 0 bridgehead atoms. The van der Waals surface area contributed by atoms with Crippen molar-refractivity contribution in [2.75, 3.05) is 5.75 Å². The molecule has 39 heavy (non-hydrogen) atoms. The normalized spacial score (nSPS) is 14.3. The van der Waals surface area contributed by atoms with Crippen LogP contribution < -0.4 is 27.0 Å². The van der Waals surface area contributed by atoms with Crippen LogP contribution in [0.3, 0.4) is 0 Å². The molecular formula is C19H27N5O14S. The summed E-state index contributed by atoms with van der Waals surface area (Å²) in [4.78, 5) is 105. The fourth-order valence-corrected chi connectivity index (χ4v) is 2.96. The van der Waals surface area contributed by atoms with Crippen molar-refractivity contribution in [1.29, 1.82) is 0 Å². The minimum absolute atomic E-state index is 0.417. The van der Waals surface area contributed by atoms with Gasteiger partial charge in [0.15, 0.2) is 0 Å². The second kappa shape index (κ2) is 16.4. The van der Waals surface area contributed by atoms with Crippen LogP contribution >= 0.6 is 12.6 Å². The molecule has 0 aromatic heterocycles. The van der Waals surface area contributed by atoms with E-state index in [-0.39, 0.29) is 0 Å². The van der Waals surface area contributed by atoms with Gasteiger partial charge in [0.2, 0.25) is 23.6 Å². The van der Waals surface area contributed by atoms with Crippen molar-refractivity contribution >= 4 is 66.1 Å². The molecule has 20 heteroatoms. The topological polar surface area (TPSA) is 329 Å². The number of thiol groups is 1. The maximum absolute atomic E-state index is 12.7. The first-order valence-electron chi connectivity index (χ1n) is 10.7. The van der Waals surface area contributed by atoms with Gasteiger partial charge in [-0.1, -0.05) is 0 Å². The third-order valence-electron chi connectivity index (χ3n) is 4.56. The average Bonchev–Trinajstić information content (AvgIpc) is 2.79. The minimum Gasteiger partial charge on any atom is -0.481 e. The number of hydrogen-bond donors (Lipinski definition) is 11. The first-order valence-corrected chi connectivity index (χ1v) is 11.3. The zero-order valence-electron chi connectivity index (χ0n) is 19.9. The number of amides is 4. The number of nitrogens with two attached hydrogens (primary N) is 1. The number of carboxylic acid groups (broad SMARTS) is 5. The number of carboxylic acids is 5. The van der Waals surface area contributed by atoms with Crippen LogP contribution in [-0.2, 0) is 43.2 Å². The van der Waals surface area contributed by atoms with Gasteiger partial charge in [-0.3, -0.25) is 38.4 Å². The first-order chi connectivity index (χ1) is 18.0. The van der Waals surface area contributed by atoms with Gasteiger partial charge in [0, 0.05) is 5.75 Å². The maximum Gasteiger partial charge on any atom is 0.327 e. The molecule has 0 saturated heterocycles. The number of aliphatic carboxylic acids is 5. The Kier molecular flexibility index (Phi) is 14.5. The molecule has 0 unspecified atom stereocenters. The standard InChI is InChI=1S/C19H27N5O14S/c20-6(1-11(25)26)15(33)21-7(2-12(27)28)16(34)22-8(3-13(29)30)17(35)23-9(4-14(31)32)18(36)24-10(5-39)19(37)38/h6-10,39H,1-5,20H2,(H,21,33)(H,22,34)(H,23,35)(H,24,36)(H,25,26)(H,27,28)(H,29,30)(H,31,32)(H,37,38)/t6-,7-,8-,9-,10-/m0/s1. The summed E-state index contributed by atoms with van der Waals surface area (Å²) in [5.74, 6) is -13.8. The van der Waals surface area contributed by atoms with Crippen LogP contribution in [0.4, 0.5) is 0 Å². The molecule has 4 amide bonds. The van der Waals surface area contributed by atoms with Gasteiger partial charge in [-0.2, -0.15) is 12.6 Å². The van der Waals surface area contributed by atoms with Crippen LogP contribution in [-0.4, -0.2) is 115 Å². The van der Waals surface area contributed by atoms with Gasteiger partial charge < -0.3 is 52.5 Å². The van der Waals surface area contributed by atoms with Crippen molar-refractivity contribution < 1.29 is 68.7 Å². The van der Waals surface area contributed by atoms with Crippen molar-refractivity contribution in [2.45, 2.75) is 55.9 Å². The highest BCUT2D eigenvalue weighted by atomic mass is 32.1. The van der Waals surface area contributed by atoms with Gasteiger partial charge in [-0.25, -0.2) is 4.79 Å². The van der Waals surface area contributed by atoms with E-state index >= 15 is 0 Å². The predicted octanol–water partition coefficient (Wildman–Crippen LogP) is -4.83. The number of nitrogens with one attached hydrogen (secondary N) is 4. The Balaban J connectivity index is 5.85. The third-order valence-corrected chi connectivity index (χ3v) is 4.93. The molecule has 0 saturated carbocycles. The average molecular weight is 582 g/mol. The summed E-state index contributed by atoms with van der Waals surface area (Å²) in [5.41, 5.74) is 5.36. The fraction of sp³-hybridized carbons (Fsp3) is 0.526. The lowest BCUT2D eigenvalue weighted by Crippen LogP contribution is -2.59. The minimum atomic E-state index is -2.06. The van der Waals surface area contributed by atoms with Crippen LogP contribution in [0.5, 0.6) is 0 Å². The molecule has 0 spiro atoms. The predicted molar refractivity (Wildman–Crippen MR) is 126 cm³/mol. The van der Waals surface area contributed by atoms with Crippen LogP contribution in [0.25, 0.3) is 0 Å². The van der Waals surface area contributed by atoms with E-state index in [2.05, 4.69) is 12.6 Å². The van der Waals surface area contributed by atoms with Gasteiger partial charge in [0.05, 0.1) is 31.7 Å². The molecule has 0 aliphatic carbocycles. The van der Waals surface area contributed by atoms with E-state index in [0.717, 1.165) is 0 Å². The third kappa shape index (κ3) is 13.6. The second-order valence-corrected chi connectivity index (χ2v) is 8.13. The Morgan fingerprint density at radius 1 is 0.513 bits per heavy atom. The summed E-state index contributed by atoms with van der Waals surface area (Å²) >= 11 is 3.72. The molecule has 0 radical (unpaired) electrons. The zero-order valence-corrected chi connectivity index (χ0v) is 20.8. The van der Waals surface area contributed by atoms with Crippen molar-refractivity contribution in [3.8, 4) is 0 Å². The summed E-state index contributed by atoms with van der Waals surface area (Å²) in [6.45, 7) is 0. The highest BCUT2D eigenvalue weighted by molar-refractivity contribution is 7.80. The van der Waals surface area contributed by atoms with Crippen molar-refractivity contribution in [3.63, 3.8) is 0 Å². The molecule has 218 valence electrons. The Labute approximate surface area is 223 Å². The Bertz CT molecular complexity index is 1010. The zero-order chi connectivity index (χ0) is 30.4. The summed E-state index contributed by atoms with van der Waals surface area (Å²) in [6, 6.07) is -9.26. The molecule has 0 aromatic carbocycles. The Hall–Kier alpha value is -4.46. The van der Waals surface area contributed by atoms with Crippen LogP contribution in [0, 0.1) is 0 Å². The number of hydrogen-bond acceptors (Lipinski definition) is 11. The van der Waals surface area contributed by atoms with Crippen molar-refractivity contribution in [2.24, 2.45) is 5.73 Å². The van der Waals surface area contributed by atoms with Crippen LogP contribution in [0.15, 0.2) is 0 Å². The smallest absolute Gasteiger partial charge is 0.327 e. The monoisotopic (exact) mass is 581 g/mol. The summed E-state index contributed by atoms with van der Waals surface area (Å²) in [7, 11) is 0. The Morgan fingerprint density at radius 2 is 0.795 bits per heavy atom. The van der Waals surface area contributed by atoms with Gasteiger partial charge >= 0.3 is 29.8 Å². The van der Waals surface area contributed by atoms with E-state index in [9.17, 15) is 43.2 Å². The van der Waals surface area contributed by atoms with Crippen molar-refractivity contribution in [3.05, 3.63) is 0 Å². The lowest BCUT2D eigenvalue weighted by molar-refractivity contribution is -0.145. The SMILES string of the molecule is N[C@@H](CC(=O)O)C(=O)N[C@@H](CC(=O)O)C(=O)N[C@@H](CC(=O)O)C(=O)N[C@@H](CC(=O)O)C(=O)N[C@@H](CS)C(=O)O. The summed E-state index contributed by atoms with van der Waals surface area (Å²) < 4.78 is 0. The lowest BCUT2D eigenvalue weighted by Gasteiger charge is -2.24. The first kappa shape index (κ1) is 34.5. The highest BCUT2D eigenvalue weighted by Gasteiger charge is 2.34. The molecule has 0 aliphatic rings. The van der Waals surface area contributed by atoms with E-state index in [1.807, 2.05) is 21.3 Å². The lowest BCUT2D eigenvalue weighted by atomic mass is 10.1. The maximum atomic E-state index is 12.7. The Morgan fingerprint density at radius 3 is 1.05 bits per heavy atom. The molecule has 0 fully saturated rings. The molecule has 0 heterocycles.